The van der Waals surface area contributed by atoms with Gasteiger partial charge in [-0.3, -0.25) is 0 Å². The van der Waals surface area contributed by atoms with E-state index in [9.17, 15) is 5.11 Å². The number of fused-ring (bicyclic) bond motifs is 1. The molecule has 0 aromatic carbocycles. The average molecular weight is 373 g/mol. The van der Waals surface area contributed by atoms with Gasteiger partial charge in [-0.2, -0.15) is 0 Å². The maximum atomic E-state index is 10.2. The highest BCUT2D eigenvalue weighted by Gasteiger charge is 2.50. The lowest BCUT2D eigenvalue weighted by Gasteiger charge is -2.44. The summed E-state index contributed by atoms with van der Waals surface area (Å²) in [4.78, 5) is 0. The van der Waals surface area contributed by atoms with Gasteiger partial charge in [-0.15, -0.1) is 0 Å². The van der Waals surface area contributed by atoms with E-state index in [1.165, 1.54) is 49.7 Å². The maximum absolute atomic E-state index is 10.2. The second kappa shape index (κ2) is 9.59. The zero-order chi connectivity index (χ0) is 20.2. The Labute approximate surface area is 169 Å². The van der Waals surface area contributed by atoms with Crippen molar-refractivity contribution >= 4 is 0 Å². The number of hydrogen-bond acceptors (Lipinski definition) is 1. The van der Waals surface area contributed by atoms with Gasteiger partial charge in [0.2, 0.25) is 0 Å². The van der Waals surface area contributed by atoms with Gasteiger partial charge in [-0.1, -0.05) is 64.5 Å². The highest BCUT2D eigenvalue weighted by Crippen LogP contribution is 2.59. The molecule has 2 rings (SSSR count). The molecule has 2 unspecified atom stereocenters. The van der Waals surface area contributed by atoms with Crippen molar-refractivity contribution in [3.05, 3.63) is 35.5 Å². The normalized spacial score (nSPS) is 32.6. The molecule has 1 N–H and O–H groups in total. The Morgan fingerprint density at radius 2 is 1.96 bits per heavy atom. The smallest absolute Gasteiger partial charge is 0.0563 e. The fourth-order valence-electron chi connectivity index (χ4n) is 5.95. The van der Waals surface area contributed by atoms with Crippen LogP contribution in [0.1, 0.15) is 92.9 Å². The summed E-state index contributed by atoms with van der Waals surface area (Å²) in [5.74, 6) is 2.65. The van der Waals surface area contributed by atoms with Gasteiger partial charge in [0.1, 0.15) is 0 Å². The van der Waals surface area contributed by atoms with Gasteiger partial charge in [0.05, 0.1) is 6.10 Å². The molecule has 0 aliphatic heterocycles. The molecule has 2 saturated carbocycles. The van der Waals surface area contributed by atoms with E-state index in [0.29, 0.717) is 17.3 Å². The van der Waals surface area contributed by atoms with Crippen molar-refractivity contribution in [1.29, 1.82) is 0 Å². The molecule has 0 aromatic heterocycles. The molecule has 2 aliphatic rings. The number of allylic oxidation sites excluding steroid dienone is 5. The summed E-state index contributed by atoms with van der Waals surface area (Å²) in [6, 6.07) is 0. The second-order valence-corrected chi connectivity index (χ2v) is 10.0. The molecule has 0 saturated heterocycles. The van der Waals surface area contributed by atoms with E-state index in [1.54, 1.807) is 5.57 Å². The largest absolute Gasteiger partial charge is 0.393 e. The molecule has 5 atom stereocenters. The zero-order valence-electron chi connectivity index (χ0n) is 18.9. The third-order valence-corrected chi connectivity index (χ3v) is 7.84. The van der Waals surface area contributed by atoms with Crippen LogP contribution in [0.5, 0.6) is 0 Å². The maximum Gasteiger partial charge on any atom is 0.0563 e. The Morgan fingerprint density at radius 3 is 2.56 bits per heavy atom. The summed E-state index contributed by atoms with van der Waals surface area (Å²) in [5, 5.41) is 10.2. The Morgan fingerprint density at radius 1 is 1.26 bits per heavy atom. The van der Waals surface area contributed by atoms with Crippen molar-refractivity contribution in [2.24, 2.45) is 29.1 Å². The van der Waals surface area contributed by atoms with E-state index in [4.69, 9.17) is 0 Å². The molecule has 2 fully saturated rings. The van der Waals surface area contributed by atoms with E-state index < -0.39 is 0 Å². The van der Waals surface area contributed by atoms with Crippen molar-refractivity contribution < 1.29 is 5.11 Å². The third kappa shape index (κ3) is 5.17. The average Bonchev–Trinajstić information content (AvgIpc) is 2.97. The minimum Gasteiger partial charge on any atom is -0.393 e. The Bertz CT molecular complexity index is 567. The van der Waals surface area contributed by atoms with Crippen LogP contribution in [0.3, 0.4) is 0 Å². The van der Waals surface area contributed by atoms with Crippen LogP contribution in [0.2, 0.25) is 0 Å². The topological polar surface area (TPSA) is 20.2 Å². The molecule has 0 spiro atoms. The fraction of sp³-hybridized carbons (Fsp3) is 0.769. The van der Waals surface area contributed by atoms with Crippen LogP contribution < -0.4 is 0 Å². The van der Waals surface area contributed by atoms with Crippen molar-refractivity contribution in [1.82, 2.24) is 0 Å². The summed E-state index contributed by atoms with van der Waals surface area (Å²) in [6.07, 6.45) is 14.6. The minimum absolute atomic E-state index is 0.140. The highest BCUT2D eigenvalue weighted by molar-refractivity contribution is 5.32. The first-order chi connectivity index (χ1) is 12.7. The van der Waals surface area contributed by atoms with E-state index in [2.05, 4.69) is 60.3 Å². The first kappa shape index (κ1) is 22.5. The van der Waals surface area contributed by atoms with Gasteiger partial charge in [-0.25, -0.2) is 0 Å². The molecule has 0 radical (unpaired) electrons. The van der Waals surface area contributed by atoms with Crippen molar-refractivity contribution in [3.8, 4) is 0 Å². The predicted molar refractivity (Wildman–Crippen MR) is 119 cm³/mol. The van der Waals surface area contributed by atoms with Gasteiger partial charge < -0.3 is 5.11 Å². The first-order valence-electron chi connectivity index (χ1n) is 11.4. The van der Waals surface area contributed by atoms with Gasteiger partial charge in [0.15, 0.2) is 0 Å². The molecular formula is C26H44O. The number of hydrogen-bond donors (Lipinski definition) is 1. The van der Waals surface area contributed by atoms with Crippen molar-refractivity contribution in [2.45, 2.75) is 99.0 Å². The van der Waals surface area contributed by atoms with E-state index >= 15 is 0 Å². The third-order valence-electron chi connectivity index (χ3n) is 7.84. The van der Waals surface area contributed by atoms with Gasteiger partial charge in [-0.05, 0) is 93.0 Å². The molecule has 1 heteroatoms. The van der Waals surface area contributed by atoms with Crippen LogP contribution in [0, 0.1) is 29.1 Å². The van der Waals surface area contributed by atoms with E-state index in [0.717, 1.165) is 24.7 Å². The van der Waals surface area contributed by atoms with E-state index in [1.807, 2.05) is 0 Å². The molecule has 0 bridgehead atoms. The number of aliphatic hydroxyl groups excluding tert-OH is 1. The molecule has 0 amide bonds. The second-order valence-electron chi connectivity index (χ2n) is 10.0. The SMILES string of the molecule is C=C(C)/C(=C/C=C1\CCC[C@]2(C)C(C(C)CC[C@@H](O)C(C)C)CC[C@@H]12)CC. The van der Waals surface area contributed by atoms with Crippen LogP contribution in [-0.4, -0.2) is 11.2 Å². The fourth-order valence-corrected chi connectivity index (χ4v) is 5.95. The first-order valence-corrected chi connectivity index (χ1v) is 11.4. The molecule has 2 aliphatic carbocycles. The number of rotatable bonds is 8. The Balaban J connectivity index is 2.11. The quantitative estimate of drug-likeness (QED) is 0.438. The lowest BCUT2D eigenvalue weighted by Crippen LogP contribution is -2.36. The van der Waals surface area contributed by atoms with Crippen LogP contribution in [0.25, 0.3) is 0 Å². The Hall–Kier alpha value is -0.820. The predicted octanol–water partition coefficient (Wildman–Crippen LogP) is 7.47. The standard InChI is InChI=1S/C26H44O/c1-8-21(18(2)3)12-13-22-10-9-17-26(7)23(14-15-24(22)26)20(6)11-16-25(27)19(4)5/h12-13,19-20,23-25,27H,2,8-11,14-17H2,1,3-7H3/b21-12+,22-13+/t20?,23?,24-,25+,26+/m0/s1. The summed E-state index contributed by atoms with van der Waals surface area (Å²) in [7, 11) is 0. The van der Waals surface area contributed by atoms with Crippen LogP contribution >= 0.6 is 0 Å². The lowest BCUT2D eigenvalue weighted by molar-refractivity contribution is 0.0717. The van der Waals surface area contributed by atoms with Gasteiger partial charge in [0, 0.05) is 0 Å². The van der Waals surface area contributed by atoms with E-state index in [-0.39, 0.29) is 6.10 Å². The minimum atomic E-state index is -0.140. The molecule has 1 nitrogen and oxygen atoms in total. The van der Waals surface area contributed by atoms with Crippen LogP contribution in [-0.2, 0) is 0 Å². The molecule has 0 aromatic rings. The lowest BCUT2D eigenvalue weighted by atomic mass is 9.60. The van der Waals surface area contributed by atoms with Gasteiger partial charge in [0.25, 0.3) is 0 Å². The molecule has 27 heavy (non-hydrogen) atoms. The number of aliphatic hydroxyl groups is 1. The molecule has 0 heterocycles. The summed E-state index contributed by atoms with van der Waals surface area (Å²) < 4.78 is 0. The zero-order valence-corrected chi connectivity index (χ0v) is 18.9. The van der Waals surface area contributed by atoms with Crippen LogP contribution in [0.4, 0.5) is 0 Å². The highest BCUT2D eigenvalue weighted by atomic mass is 16.3. The van der Waals surface area contributed by atoms with Crippen molar-refractivity contribution in [3.63, 3.8) is 0 Å². The van der Waals surface area contributed by atoms with Gasteiger partial charge >= 0.3 is 0 Å². The summed E-state index contributed by atoms with van der Waals surface area (Å²) in [5.41, 5.74) is 4.73. The van der Waals surface area contributed by atoms with Crippen molar-refractivity contribution in [2.75, 3.05) is 0 Å². The molecular weight excluding hydrogens is 328 g/mol. The molecule has 154 valence electrons. The van der Waals surface area contributed by atoms with Crippen LogP contribution in [0.15, 0.2) is 35.5 Å². The summed E-state index contributed by atoms with van der Waals surface area (Å²) in [6.45, 7) is 17.8. The monoisotopic (exact) mass is 372 g/mol. The Kier molecular flexibility index (Phi) is 7.98. The summed E-state index contributed by atoms with van der Waals surface area (Å²) >= 11 is 0.